The fourth-order valence-electron chi connectivity index (χ4n) is 3.38. The summed E-state index contributed by atoms with van der Waals surface area (Å²) in [7, 11) is 0. The molecule has 6 heteroatoms. The minimum atomic E-state index is -0.0546. The molecule has 0 N–H and O–H groups in total. The van der Waals surface area contributed by atoms with Gasteiger partial charge in [0.2, 0.25) is 11.8 Å². The van der Waals surface area contributed by atoms with Gasteiger partial charge in [-0.25, -0.2) is 0 Å². The molecule has 0 bridgehead atoms. The Morgan fingerprint density at radius 1 is 1.15 bits per heavy atom. The van der Waals surface area contributed by atoms with Crippen LogP contribution in [0.2, 0.25) is 0 Å². The van der Waals surface area contributed by atoms with Crippen LogP contribution in [-0.4, -0.2) is 34.0 Å². The van der Waals surface area contributed by atoms with Gasteiger partial charge in [0.15, 0.2) is 5.82 Å². The maximum atomic E-state index is 12.6. The van der Waals surface area contributed by atoms with Crippen molar-refractivity contribution in [1.82, 2.24) is 15.0 Å². The highest BCUT2D eigenvalue weighted by Gasteiger charge is 2.39. The van der Waals surface area contributed by atoms with Crippen molar-refractivity contribution in [3.63, 3.8) is 0 Å². The van der Waals surface area contributed by atoms with E-state index in [1.165, 1.54) is 5.56 Å². The molecule has 1 aliphatic rings. The maximum Gasteiger partial charge on any atom is 0.246 e. The van der Waals surface area contributed by atoms with Gasteiger partial charge in [-0.1, -0.05) is 35.5 Å². The molecule has 0 spiro atoms. The molecule has 26 heavy (non-hydrogen) atoms. The van der Waals surface area contributed by atoms with E-state index in [-0.39, 0.29) is 17.7 Å². The lowest BCUT2D eigenvalue weighted by atomic mass is 9.89. The van der Waals surface area contributed by atoms with Gasteiger partial charge in [0.25, 0.3) is 0 Å². The van der Waals surface area contributed by atoms with E-state index in [1.807, 2.05) is 29.2 Å². The topological polar surface area (TPSA) is 72.4 Å². The lowest BCUT2D eigenvalue weighted by Crippen LogP contribution is -2.26. The molecule has 3 aromatic rings. The number of aryl methyl sites for hydroxylation is 1. The molecule has 1 aromatic carbocycles. The Morgan fingerprint density at radius 2 is 1.96 bits per heavy atom. The van der Waals surface area contributed by atoms with Crippen LogP contribution in [0.4, 0.5) is 0 Å². The molecule has 3 heterocycles. The molecule has 1 saturated heterocycles. The van der Waals surface area contributed by atoms with Gasteiger partial charge in [-0.2, -0.15) is 4.98 Å². The van der Waals surface area contributed by atoms with Gasteiger partial charge >= 0.3 is 0 Å². The van der Waals surface area contributed by atoms with Crippen LogP contribution >= 0.6 is 0 Å². The van der Waals surface area contributed by atoms with Crippen molar-refractivity contribution in [2.75, 3.05) is 13.1 Å². The van der Waals surface area contributed by atoms with Gasteiger partial charge in [-0.15, -0.1) is 0 Å². The van der Waals surface area contributed by atoms with Crippen LogP contribution in [0.1, 0.15) is 34.9 Å². The molecular weight excluding hydrogens is 330 g/mol. The van der Waals surface area contributed by atoms with Gasteiger partial charge in [0.1, 0.15) is 5.76 Å². The molecule has 2 unspecified atom stereocenters. The molecule has 2 aromatic heterocycles. The van der Waals surface area contributed by atoms with E-state index in [0.717, 1.165) is 0 Å². The Bertz CT molecular complexity index is 900. The van der Waals surface area contributed by atoms with Crippen molar-refractivity contribution in [3.8, 4) is 0 Å². The van der Waals surface area contributed by atoms with E-state index in [9.17, 15) is 4.79 Å². The zero-order valence-electron chi connectivity index (χ0n) is 14.4. The van der Waals surface area contributed by atoms with E-state index >= 15 is 0 Å². The number of carbonyl (C=O) groups excluding carboxylic acids is 1. The van der Waals surface area contributed by atoms with Gasteiger partial charge in [-0.3, -0.25) is 4.79 Å². The first-order chi connectivity index (χ1) is 12.7. The molecule has 0 aliphatic carbocycles. The number of benzene rings is 1. The summed E-state index contributed by atoms with van der Waals surface area (Å²) in [4.78, 5) is 18.9. The Balaban J connectivity index is 1.57. The molecule has 132 valence electrons. The number of carbonyl (C=O) groups is 1. The minimum absolute atomic E-state index is 0.0143. The summed E-state index contributed by atoms with van der Waals surface area (Å²) in [5.41, 5.74) is 1.17. The lowest BCUT2D eigenvalue weighted by Gasteiger charge is -2.15. The van der Waals surface area contributed by atoms with E-state index in [4.69, 9.17) is 8.94 Å². The average molecular weight is 349 g/mol. The smallest absolute Gasteiger partial charge is 0.246 e. The summed E-state index contributed by atoms with van der Waals surface area (Å²) in [6.07, 6.45) is 4.81. The fraction of sp³-hybridized carbons (Fsp3) is 0.250. The number of furan rings is 1. The Labute approximate surface area is 151 Å². The molecule has 6 nitrogen and oxygen atoms in total. The minimum Gasteiger partial charge on any atom is -0.465 e. The summed E-state index contributed by atoms with van der Waals surface area (Å²) >= 11 is 0. The van der Waals surface area contributed by atoms with Crippen molar-refractivity contribution >= 4 is 12.0 Å². The third-order valence-electron chi connectivity index (χ3n) is 4.65. The SMILES string of the molecule is Cc1noc(C2CN(C(=O)/C=C/c3ccco3)CC2c2ccccc2)n1. The number of hydrogen-bond donors (Lipinski definition) is 0. The summed E-state index contributed by atoms with van der Waals surface area (Å²) in [5, 5.41) is 3.91. The second-order valence-corrected chi connectivity index (χ2v) is 6.40. The monoisotopic (exact) mass is 349 g/mol. The number of rotatable bonds is 4. The first kappa shape index (κ1) is 16.3. The van der Waals surface area contributed by atoms with E-state index in [0.29, 0.717) is 30.6 Å². The molecule has 4 rings (SSSR count). The first-order valence-electron chi connectivity index (χ1n) is 8.56. The Morgan fingerprint density at radius 3 is 2.65 bits per heavy atom. The highest BCUT2D eigenvalue weighted by molar-refractivity contribution is 5.91. The van der Waals surface area contributed by atoms with Crippen LogP contribution in [0, 0.1) is 6.92 Å². The first-order valence-corrected chi connectivity index (χ1v) is 8.56. The van der Waals surface area contributed by atoms with Gasteiger partial charge in [0.05, 0.1) is 12.2 Å². The number of nitrogens with zero attached hydrogens (tertiary/aromatic N) is 3. The molecule has 0 saturated carbocycles. The maximum absolute atomic E-state index is 12.6. The average Bonchev–Trinajstić information content (AvgIpc) is 3.40. The van der Waals surface area contributed by atoms with Crippen LogP contribution in [0.25, 0.3) is 6.08 Å². The Kier molecular flexibility index (Phi) is 4.39. The fourth-order valence-corrected chi connectivity index (χ4v) is 3.38. The largest absolute Gasteiger partial charge is 0.465 e. The van der Waals surface area contributed by atoms with Crippen molar-refractivity contribution in [1.29, 1.82) is 0 Å². The normalized spacial score (nSPS) is 20.1. The Hall–Kier alpha value is -3.15. The van der Waals surface area contributed by atoms with Crippen molar-refractivity contribution in [2.45, 2.75) is 18.8 Å². The summed E-state index contributed by atoms with van der Waals surface area (Å²) in [6.45, 7) is 2.95. The predicted octanol–water partition coefficient (Wildman–Crippen LogP) is 3.39. The number of aromatic nitrogens is 2. The van der Waals surface area contributed by atoms with Crippen LogP contribution in [0.15, 0.2) is 63.7 Å². The van der Waals surface area contributed by atoms with Crippen LogP contribution < -0.4 is 0 Å². The second kappa shape index (κ2) is 7.00. The third kappa shape index (κ3) is 3.31. The predicted molar refractivity (Wildman–Crippen MR) is 95.3 cm³/mol. The quantitative estimate of drug-likeness (QED) is 0.675. The van der Waals surface area contributed by atoms with Crippen molar-refractivity contribution in [3.05, 3.63) is 77.8 Å². The van der Waals surface area contributed by atoms with Crippen LogP contribution in [-0.2, 0) is 4.79 Å². The number of hydrogen-bond acceptors (Lipinski definition) is 5. The summed E-state index contributed by atoms with van der Waals surface area (Å²) in [6, 6.07) is 13.8. The van der Waals surface area contributed by atoms with E-state index < -0.39 is 0 Å². The van der Waals surface area contributed by atoms with Gasteiger partial charge < -0.3 is 13.8 Å². The summed E-state index contributed by atoms with van der Waals surface area (Å²) in [5.74, 6) is 1.90. The highest BCUT2D eigenvalue weighted by atomic mass is 16.5. The van der Waals surface area contributed by atoms with Crippen LogP contribution in [0.3, 0.4) is 0 Å². The molecule has 0 radical (unpaired) electrons. The standard InChI is InChI=1S/C20H19N3O3/c1-14-21-20(26-22-14)18-13-23(12-17(18)15-6-3-2-4-7-15)19(24)10-9-16-8-5-11-25-16/h2-11,17-18H,12-13H2,1H3/b10-9+. The number of amides is 1. The van der Waals surface area contributed by atoms with E-state index in [2.05, 4.69) is 22.3 Å². The molecule has 1 fully saturated rings. The molecule has 1 amide bonds. The third-order valence-corrected chi connectivity index (χ3v) is 4.65. The molecule has 1 aliphatic heterocycles. The lowest BCUT2D eigenvalue weighted by molar-refractivity contribution is -0.125. The van der Waals surface area contributed by atoms with Crippen molar-refractivity contribution < 1.29 is 13.7 Å². The van der Waals surface area contributed by atoms with Gasteiger partial charge in [0, 0.05) is 25.1 Å². The molecule has 2 atom stereocenters. The van der Waals surface area contributed by atoms with E-state index in [1.54, 1.807) is 31.4 Å². The molecular formula is C20H19N3O3. The van der Waals surface area contributed by atoms with Gasteiger partial charge in [-0.05, 0) is 30.7 Å². The zero-order chi connectivity index (χ0) is 17.9. The zero-order valence-corrected chi connectivity index (χ0v) is 14.4. The second-order valence-electron chi connectivity index (χ2n) is 6.40. The van der Waals surface area contributed by atoms with Crippen molar-refractivity contribution in [2.24, 2.45) is 0 Å². The van der Waals surface area contributed by atoms with Crippen LogP contribution in [0.5, 0.6) is 0 Å². The highest BCUT2D eigenvalue weighted by Crippen LogP contribution is 2.39. The summed E-state index contributed by atoms with van der Waals surface area (Å²) < 4.78 is 10.7. The number of likely N-dealkylation sites (tertiary alicyclic amines) is 1.